The van der Waals surface area contributed by atoms with E-state index in [9.17, 15) is 4.57 Å². The van der Waals surface area contributed by atoms with Crippen molar-refractivity contribution in [1.82, 2.24) is 4.98 Å². The number of aromatic nitrogens is 1. The quantitative estimate of drug-likeness (QED) is 0.822. The summed E-state index contributed by atoms with van der Waals surface area (Å²) in [5, 5.41) is 0. The molecule has 4 heteroatoms. The number of pyridine rings is 1. The van der Waals surface area contributed by atoms with Crippen LogP contribution in [0.2, 0.25) is 0 Å². The van der Waals surface area contributed by atoms with Gasteiger partial charge in [-0.25, -0.2) is 0 Å². The summed E-state index contributed by atoms with van der Waals surface area (Å²) in [5.41, 5.74) is 7.48. The molecule has 0 bridgehead atoms. The van der Waals surface area contributed by atoms with Crippen LogP contribution < -0.4 is 11.2 Å². The summed E-state index contributed by atoms with van der Waals surface area (Å²) >= 11 is 0. The van der Waals surface area contributed by atoms with Gasteiger partial charge in [-0.1, -0.05) is 33.8 Å². The largest absolute Gasteiger partial charge is 0.326 e. The molecule has 90 valence electrons. The van der Waals surface area contributed by atoms with Gasteiger partial charge in [0.1, 0.15) is 12.6 Å². The Bertz CT molecular complexity index is 373. The third kappa shape index (κ3) is 2.36. The number of rotatable bonds is 4. The molecule has 0 aliphatic carbocycles. The van der Waals surface area contributed by atoms with Crippen molar-refractivity contribution in [2.24, 2.45) is 5.73 Å². The first kappa shape index (κ1) is 13.4. The van der Waals surface area contributed by atoms with Crippen molar-refractivity contribution in [1.29, 1.82) is 0 Å². The second-order valence-electron chi connectivity index (χ2n) is 4.63. The Hall–Kier alpha value is -0.660. The molecule has 0 atom stereocenters. The minimum atomic E-state index is -2.40. The highest BCUT2D eigenvalue weighted by atomic mass is 31.2. The monoisotopic (exact) mass is 240 g/mol. The standard InChI is InChI=1S/C12H21N2OP/c1-9(2)16(15,10(3)4)12-6-5-11(7-13)8-14-12/h5-6,8-10H,7,13H2,1-4H3. The predicted molar refractivity (Wildman–Crippen MR) is 69.6 cm³/mol. The molecule has 1 rings (SSSR count). The Balaban J connectivity index is 3.18. The Morgan fingerprint density at radius 3 is 2.12 bits per heavy atom. The molecular weight excluding hydrogens is 219 g/mol. The fraction of sp³-hybridized carbons (Fsp3) is 0.583. The fourth-order valence-electron chi connectivity index (χ4n) is 1.87. The van der Waals surface area contributed by atoms with E-state index >= 15 is 0 Å². The molecule has 1 aromatic rings. The molecule has 0 saturated heterocycles. The first-order valence-corrected chi connectivity index (χ1v) is 7.52. The summed E-state index contributed by atoms with van der Waals surface area (Å²) in [4.78, 5) is 4.32. The third-order valence-electron chi connectivity index (χ3n) is 2.94. The molecule has 0 spiro atoms. The van der Waals surface area contributed by atoms with Gasteiger partial charge in [-0.15, -0.1) is 0 Å². The van der Waals surface area contributed by atoms with E-state index in [-0.39, 0.29) is 11.3 Å². The fourth-order valence-corrected chi connectivity index (χ4v) is 4.67. The lowest BCUT2D eigenvalue weighted by molar-refractivity contribution is 0.568. The molecule has 0 aromatic carbocycles. The van der Waals surface area contributed by atoms with Gasteiger partial charge in [0, 0.05) is 24.1 Å². The van der Waals surface area contributed by atoms with Gasteiger partial charge in [0.25, 0.3) is 0 Å². The summed E-state index contributed by atoms with van der Waals surface area (Å²) < 4.78 is 12.9. The van der Waals surface area contributed by atoms with Crippen LogP contribution in [0.15, 0.2) is 18.3 Å². The van der Waals surface area contributed by atoms with Crippen LogP contribution in [-0.4, -0.2) is 16.3 Å². The van der Waals surface area contributed by atoms with E-state index in [1.54, 1.807) is 6.20 Å². The second-order valence-corrected chi connectivity index (χ2v) is 8.57. The van der Waals surface area contributed by atoms with Gasteiger partial charge in [0.05, 0.1) is 0 Å². The average molecular weight is 240 g/mol. The van der Waals surface area contributed by atoms with Crippen LogP contribution in [0, 0.1) is 0 Å². The summed E-state index contributed by atoms with van der Waals surface area (Å²) in [6.07, 6.45) is 1.73. The van der Waals surface area contributed by atoms with E-state index in [2.05, 4.69) is 4.98 Å². The summed E-state index contributed by atoms with van der Waals surface area (Å²) in [6, 6.07) is 3.78. The van der Waals surface area contributed by atoms with E-state index in [0.717, 1.165) is 11.0 Å². The van der Waals surface area contributed by atoms with Crippen molar-refractivity contribution in [3.8, 4) is 0 Å². The molecule has 0 aliphatic heterocycles. The van der Waals surface area contributed by atoms with Crippen molar-refractivity contribution in [2.45, 2.75) is 45.6 Å². The van der Waals surface area contributed by atoms with E-state index < -0.39 is 7.14 Å². The maximum absolute atomic E-state index is 12.9. The average Bonchev–Trinajstić information content (AvgIpc) is 2.27. The van der Waals surface area contributed by atoms with Crippen molar-refractivity contribution < 1.29 is 4.57 Å². The lowest BCUT2D eigenvalue weighted by Gasteiger charge is -2.25. The number of nitrogens with zero attached hydrogens (tertiary/aromatic N) is 1. The Labute approximate surface area is 97.8 Å². The van der Waals surface area contributed by atoms with Gasteiger partial charge in [0.15, 0.2) is 0 Å². The number of hydrogen-bond acceptors (Lipinski definition) is 3. The van der Waals surface area contributed by atoms with Crippen LogP contribution in [0.5, 0.6) is 0 Å². The van der Waals surface area contributed by atoms with Crippen LogP contribution >= 0.6 is 7.14 Å². The minimum Gasteiger partial charge on any atom is -0.326 e. The Kier molecular flexibility index (Phi) is 4.28. The van der Waals surface area contributed by atoms with Crippen LogP contribution in [0.25, 0.3) is 0 Å². The van der Waals surface area contributed by atoms with Crippen molar-refractivity contribution in [3.63, 3.8) is 0 Å². The summed E-state index contributed by atoms with van der Waals surface area (Å²) in [6.45, 7) is 8.47. The maximum atomic E-state index is 12.9. The smallest absolute Gasteiger partial charge is 0.137 e. The zero-order chi connectivity index (χ0) is 12.3. The number of nitrogens with two attached hydrogens (primary N) is 1. The molecular formula is C12H21N2OP. The van der Waals surface area contributed by atoms with E-state index in [1.165, 1.54) is 0 Å². The van der Waals surface area contributed by atoms with Gasteiger partial charge in [0.2, 0.25) is 0 Å². The summed E-state index contributed by atoms with van der Waals surface area (Å²) in [5.74, 6) is 0. The molecule has 0 saturated carbocycles. The van der Waals surface area contributed by atoms with E-state index in [1.807, 2.05) is 39.8 Å². The van der Waals surface area contributed by atoms with Gasteiger partial charge in [-0.3, -0.25) is 4.98 Å². The Morgan fingerprint density at radius 1 is 1.25 bits per heavy atom. The topological polar surface area (TPSA) is 56.0 Å². The van der Waals surface area contributed by atoms with Crippen LogP contribution in [-0.2, 0) is 11.1 Å². The van der Waals surface area contributed by atoms with E-state index in [4.69, 9.17) is 5.73 Å². The van der Waals surface area contributed by atoms with E-state index in [0.29, 0.717) is 6.54 Å². The molecule has 2 N–H and O–H groups in total. The van der Waals surface area contributed by atoms with Crippen molar-refractivity contribution in [3.05, 3.63) is 23.9 Å². The molecule has 0 amide bonds. The lowest BCUT2D eigenvalue weighted by Crippen LogP contribution is -2.22. The first-order chi connectivity index (χ1) is 7.42. The van der Waals surface area contributed by atoms with Crippen LogP contribution in [0.4, 0.5) is 0 Å². The number of hydrogen-bond donors (Lipinski definition) is 1. The second kappa shape index (κ2) is 5.11. The van der Waals surface area contributed by atoms with Gasteiger partial charge in [-0.2, -0.15) is 0 Å². The molecule has 1 aromatic heterocycles. The summed E-state index contributed by atoms with van der Waals surface area (Å²) in [7, 11) is -2.40. The molecule has 0 unspecified atom stereocenters. The molecule has 1 heterocycles. The molecule has 0 aliphatic rings. The predicted octanol–water partition coefficient (Wildman–Crippen LogP) is 2.35. The zero-order valence-corrected chi connectivity index (χ0v) is 11.4. The maximum Gasteiger partial charge on any atom is 0.137 e. The zero-order valence-electron chi connectivity index (χ0n) is 10.5. The van der Waals surface area contributed by atoms with Crippen molar-refractivity contribution >= 4 is 12.6 Å². The molecule has 0 radical (unpaired) electrons. The molecule has 16 heavy (non-hydrogen) atoms. The highest BCUT2D eigenvalue weighted by molar-refractivity contribution is 7.72. The SMILES string of the molecule is CC(C)P(=O)(c1ccc(CN)cn1)C(C)C. The highest BCUT2D eigenvalue weighted by Crippen LogP contribution is 2.53. The first-order valence-electron chi connectivity index (χ1n) is 5.67. The third-order valence-corrected chi connectivity index (χ3v) is 6.99. The Morgan fingerprint density at radius 2 is 1.81 bits per heavy atom. The van der Waals surface area contributed by atoms with Crippen molar-refractivity contribution in [2.75, 3.05) is 0 Å². The van der Waals surface area contributed by atoms with Crippen LogP contribution in [0.3, 0.4) is 0 Å². The normalized spacial score (nSPS) is 12.4. The van der Waals surface area contributed by atoms with Crippen LogP contribution in [0.1, 0.15) is 33.3 Å². The molecule has 3 nitrogen and oxygen atoms in total. The molecule has 0 fully saturated rings. The van der Waals surface area contributed by atoms with Gasteiger partial charge in [-0.05, 0) is 11.6 Å². The van der Waals surface area contributed by atoms with Gasteiger partial charge >= 0.3 is 0 Å². The lowest BCUT2D eigenvalue weighted by atomic mass is 10.3. The van der Waals surface area contributed by atoms with Gasteiger partial charge < -0.3 is 10.3 Å². The highest BCUT2D eigenvalue weighted by Gasteiger charge is 2.33. The minimum absolute atomic E-state index is 0.128.